The smallest absolute Gasteiger partial charge is 0.159 e. The van der Waals surface area contributed by atoms with Crippen LogP contribution in [0, 0.1) is 0 Å². The average Bonchev–Trinajstić information content (AvgIpc) is 3.94. The van der Waals surface area contributed by atoms with E-state index in [2.05, 4.69) is 250 Å². The van der Waals surface area contributed by atoms with E-state index in [4.69, 9.17) is 4.42 Å². The van der Waals surface area contributed by atoms with Gasteiger partial charge in [0.1, 0.15) is 5.58 Å². The van der Waals surface area contributed by atoms with Crippen LogP contribution in [0.15, 0.2) is 217 Å². The summed E-state index contributed by atoms with van der Waals surface area (Å²) in [6.07, 6.45) is 0. The minimum absolute atomic E-state index is 0.184. The zero-order chi connectivity index (χ0) is 45.0. The quantitative estimate of drug-likeness (QED) is 0.173. The molecule has 2 aliphatic carbocycles. The van der Waals surface area contributed by atoms with Gasteiger partial charge in [-0.05, 0) is 139 Å². The Kier molecular flexibility index (Phi) is 8.60. The van der Waals surface area contributed by atoms with E-state index in [1.807, 2.05) is 0 Å². The lowest BCUT2D eigenvalue weighted by molar-refractivity contribution is 0.659. The van der Waals surface area contributed by atoms with Crippen molar-refractivity contribution in [3.05, 3.63) is 235 Å². The molecule has 3 nitrogen and oxygen atoms in total. The number of para-hydroxylation sites is 1. The molecule has 0 bridgehead atoms. The van der Waals surface area contributed by atoms with Crippen LogP contribution in [-0.4, -0.2) is 0 Å². The van der Waals surface area contributed by atoms with Crippen molar-refractivity contribution in [1.82, 2.24) is 0 Å². The highest BCUT2D eigenvalue weighted by atomic mass is 16.3. The molecule has 11 aromatic rings. The Morgan fingerprint density at radius 1 is 0.388 bits per heavy atom. The van der Waals surface area contributed by atoms with Gasteiger partial charge in [-0.25, -0.2) is 0 Å². The fraction of sp³-hybridized carbons (Fsp3) is 0.0938. The second-order valence-corrected chi connectivity index (χ2v) is 19.4. The summed E-state index contributed by atoms with van der Waals surface area (Å²) in [4.78, 5) is 2.46. The molecule has 0 radical (unpaired) electrons. The standard InChI is InChI=1S/C64H48N2O/c1-63(2)55-23-13-10-20-48(55)50-32-30-46(38-57(50)63)66(47-31-33-51-49-21-11-14-24-56(49)64(3,4)58(51)39-47)60-37-44(35-54-52-22-12-15-25-61(52)67-62(54)60)53-34-42-18-8-9-19-43(42)36-59(53)65-45-28-26-41(27-29-45)40-16-6-5-7-17-40/h5-39,65H,1-4H3. The first-order valence-electron chi connectivity index (χ1n) is 23.4. The van der Waals surface area contributed by atoms with Crippen LogP contribution in [0.5, 0.6) is 0 Å². The van der Waals surface area contributed by atoms with Crippen LogP contribution in [0.25, 0.3) is 77.2 Å². The lowest BCUT2D eigenvalue weighted by Gasteiger charge is -2.30. The molecule has 0 fully saturated rings. The summed E-state index contributed by atoms with van der Waals surface area (Å²) in [5.74, 6) is 0. The molecule has 0 amide bonds. The summed E-state index contributed by atoms with van der Waals surface area (Å²) in [5.41, 5.74) is 21.7. The molecule has 0 saturated carbocycles. The molecule has 0 unspecified atom stereocenters. The second-order valence-electron chi connectivity index (χ2n) is 19.4. The van der Waals surface area contributed by atoms with Crippen molar-refractivity contribution in [2.45, 2.75) is 38.5 Å². The topological polar surface area (TPSA) is 28.4 Å². The van der Waals surface area contributed by atoms with Gasteiger partial charge in [0.2, 0.25) is 0 Å². The second kappa shape index (κ2) is 14.7. The summed E-state index contributed by atoms with van der Waals surface area (Å²) in [6, 6.07) is 77.8. The highest BCUT2D eigenvalue weighted by Crippen LogP contribution is 2.54. The fourth-order valence-corrected chi connectivity index (χ4v) is 11.3. The molecule has 13 rings (SSSR count). The average molecular weight is 861 g/mol. The molecule has 0 aliphatic heterocycles. The number of fused-ring (bicyclic) bond motifs is 10. The Balaban J connectivity index is 1.05. The van der Waals surface area contributed by atoms with Crippen molar-refractivity contribution in [1.29, 1.82) is 0 Å². The first-order valence-corrected chi connectivity index (χ1v) is 23.4. The highest BCUT2D eigenvalue weighted by molar-refractivity contribution is 6.13. The number of hydrogen-bond donors (Lipinski definition) is 1. The van der Waals surface area contributed by atoms with E-state index in [0.29, 0.717) is 0 Å². The summed E-state index contributed by atoms with van der Waals surface area (Å²) >= 11 is 0. The first kappa shape index (κ1) is 39.2. The fourth-order valence-electron chi connectivity index (χ4n) is 11.3. The van der Waals surface area contributed by atoms with E-state index in [-0.39, 0.29) is 10.8 Å². The molecule has 0 atom stereocenters. The number of rotatable bonds is 7. The van der Waals surface area contributed by atoms with Crippen LogP contribution in [0.1, 0.15) is 49.9 Å². The normalized spacial score (nSPS) is 13.9. The summed E-state index contributed by atoms with van der Waals surface area (Å²) in [6.45, 7) is 9.45. The number of hydrogen-bond acceptors (Lipinski definition) is 3. The van der Waals surface area contributed by atoms with E-state index in [0.717, 1.165) is 61.5 Å². The Bertz CT molecular complexity index is 3670. The first-order chi connectivity index (χ1) is 32.7. The Morgan fingerprint density at radius 2 is 0.925 bits per heavy atom. The van der Waals surface area contributed by atoms with Crippen molar-refractivity contribution in [2.24, 2.45) is 0 Å². The van der Waals surface area contributed by atoms with Crippen LogP contribution >= 0.6 is 0 Å². The molecule has 3 heteroatoms. The van der Waals surface area contributed by atoms with Gasteiger partial charge in [0.25, 0.3) is 0 Å². The lowest BCUT2D eigenvalue weighted by atomic mass is 9.82. The number of furan rings is 1. The van der Waals surface area contributed by atoms with Crippen molar-refractivity contribution >= 4 is 61.1 Å². The number of nitrogens with one attached hydrogen (secondary N) is 1. The van der Waals surface area contributed by atoms with Gasteiger partial charge >= 0.3 is 0 Å². The van der Waals surface area contributed by atoms with Crippen molar-refractivity contribution in [2.75, 3.05) is 10.2 Å². The van der Waals surface area contributed by atoms with Gasteiger partial charge in [-0.3, -0.25) is 0 Å². The maximum absolute atomic E-state index is 7.05. The van der Waals surface area contributed by atoms with Gasteiger partial charge < -0.3 is 14.6 Å². The summed E-state index contributed by atoms with van der Waals surface area (Å²) in [5, 5.41) is 8.40. The van der Waals surface area contributed by atoms with E-state index in [9.17, 15) is 0 Å². The van der Waals surface area contributed by atoms with E-state index < -0.39 is 0 Å². The monoisotopic (exact) mass is 860 g/mol. The number of benzene rings is 10. The van der Waals surface area contributed by atoms with Gasteiger partial charge in [0.05, 0.1) is 5.69 Å². The predicted molar refractivity (Wildman–Crippen MR) is 282 cm³/mol. The van der Waals surface area contributed by atoms with Gasteiger partial charge in [0.15, 0.2) is 5.58 Å². The van der Waals surface area contributed by atoms with Crippen LogP contribution in [-0.2, 0) is 10.8 Å². The van der Waals surface area contributed by atoms with Gasteiger partial charge in [-0.2, -0.15) is 0 Å². The van der Waals surface area contributed by atoms with Gasteiger partial charge in [0, 0.05) is 49.9 Å². The maximum Gasteiger partial charge on any atom is 0.159 e. The van der Waals surface area contributed by atoms with E-state index >= 15 is 0 Å². The molecule has 1 N–H and O–H groups in total. The summed E-state index contributed by atoms with van der Waals surface area (Å²) in [7, 11) is 0. The zero-order valence-electron chi connectivity index (χ0n) is 38.1. The third kappa shape index (κ3) is 6.11. The molecule has 0 saturated heterocycles. The van der Waals surface area contributed by atoms with Crippen molar-refractivity contribution in [3.63, 3.8) is 0 Å². The van der Waals surface area contributed by atoms with Crippen molar-refractivity contribution < 1.29 is 4.42 Å². The van der Waals surface area contributed by atoms with Crippen LogP contribution in [0.2, 0.25) is 0 Å². The summed E-state index contributed by atoms with van der Waals surface area (Å²) < 4.78 is 7.05. The highest BCUT2D eigenvalue weighted by Gasteiger charge is 2.38. The third-order valence-corrected chi connectivity index (χ3v) is 14.8. The van der Waals surface area contributed by atoms with E-state index in [1.54, 1.807) is 0 Å². The molecule has 67 heavy (non-hydrogen) atoms. The van der Waals surface area contributed by atoms with Crippen LogP contribution < -0.4 is 10.2 Å². The SMILES string of the molecule is CC1(C)c2ccccc2-c2ccc(N(c3ccc4c(c3)C(C)(C)c3ccccc3-4)c3cc(-c4cc5ccccc5cc4Nc4ccc(-c5ccccc5)cc4)cc4c3oc3ccccc34)cc21. The predicted octanol–water partition coefficient (Wildman–Crippen LogP) is 17.9. The molecule has 2 aliphatic rings. The Morgan fingerprint density at radius 3 is 1.58 bits per heavy atom. The molecule has 10 aromatic carbocycles. The Labute approximate surface area is 391 Å². The molecule has 320 valence electrons. The minimum Gasteiger partial charge on any atom is -0.454 e. The lowest BCUT2D eigenvalue weighted by Crippen LogP contribution is -2.18. The molecular weight excluding hydrogens is 813 g/mol. The third-order valence-electron chi connectivity index (χ3n) is 14.8. The largest absolute Gasteiger partial charge is 0.454 e. The molecule has 1 aromatic heterocycles. The molecular formula is C64H48N2O. The van der Waals surface area contributed by atoms with Gasteiger partial charge in [-0.1, -0.05) is 173 Å². The maximum atomic E-state index is 7.05. The van der Waals surface area contributed by atoms with Crippen LogP contribution in [0.4, 0.5) is 28.4 Å². The Hall–Kier alpha value is -8.14. The van der Waals surface area contributed by atoms with Crippen molar-refractivity contribution in [3.8, 4) is 44.5 Å². The molecule has 0 spiro atoms. The van der Waals surface area contributed by atoms with E-state index in [1.165, 1.54) is 66.4 Å². The molecule has 1 heterocycles. The number of nitrogens with zero attached hydrogens (tertiary/aromatic N) is 1. The van der Waals surface area contributed by atoms with Crippen LogP contribution in [0.3, 0.4) is 0 Å². The van der Waals surface area contributed by atoms with Gasteiger partial charge in [-0.15, -0.1) is 0 Å². The zero-order valence-corrected chi connectivity index (χ0v) is 38.1. The number of anilines is 5. The minimum atomic E-state index is -0.184.